The summed E-state index contributed by atoms with van der Waals surface area (Å²) in [5, 5.41) is 3.36. The van der Waals surface area contributed by atoms with Gasteiger partial charge in [-0.2, -0.15) is 0 Å². The lowest BCUT2D eigenvalue weighted by atomic mass is 9.68. The number of hydrogen-bond acceptors (Lipinski definition) is 6. The Morgan fingerprint density at radius 1 is 1.19 bits per heavy atom. The van der Waals surface area contributed by atoms with Gasteiger partial charge in [0.2, 0.25) is 0 Å². The number of carbonyl (C=O) groups excluding carboxylic acids is 2. The average molecular weight is 428 g/mol. The van der Waals surface area contributed by atoms with E-state index in [0.717, 1.165) is 30.5 Å². The smallest absolute Gasteiger partial charge is 0.336 e. The van der Waals surface area contributed by atoms with Crippen molar-refractivity contribution in [2.45, 2.75) is 59.3 Å². The SMILES string of the molecule is CCCCOC(=O)C1=C(C)NC2=C(C(=O)CC(C)(C)C2)[C@H]1c1cccc(OC)c1OC. The molecule has 3 rings (SSSR count). The number of esters is 1. The first-order valence-corrected chi connectivity index (χ1v) is 10.9. The monoisotopic (exact) mass is 427 g/mol. The van der Waals surface area contributed by atoms with E-state index in [9.17, 15) is 9.59 Å². The Labute approximate surface area is 184 Å². The van der Waals surface area contributed by atoms with Crippen LogP contribution in [-0.2, 0) is 14.3 Å². The van der Waals surface area contributed by atoms with E-state index in [1.165, 1.54) is 0 Å². The fourth-order valence-corrected chi connectivity index (χ4v) is 4.54. The van der Waals surface area contributed by atoms with Gasteiger partial charge in [-0.25, -0.2) is 4.79 Å². The minimum Gasteiger partial charge on any atom is -0.493 e. The third-order valence-electron chi connectivity index (χ3n) is 5.94. The zero-order valence-corrected chi connectivity index (χ0v) is 19.4. The van der Waals surface area contributed by atoms with Crippen LogP contribution in [-0.4, -0.2) is 32.6 Å². The fraction of sp³-hybridized carbons (Fsp3) is 0.520. The van der Waals surface area contributed by atoms with Crippen molar-refractivity contribution in [1.82, 2.24) is 5.32 Å². The van der Waals surface area contributed by atoms with Crippen LogP contribution in [0.15, 0.2) is 40.7 Å². The molecule has 1 atom stereocenters. The van der Waals surface area contributed by atoms with Crippen molar-refractivity contribution in [3.63, 3.8) is 0 Å². The summed E-state index contributed by atoms with van der Waals surface area (Å²) in [6, 6.07) is 5.55. The molecule has 0 saturated heterocycles. The molecule has 0 saturated carbocycles. The molecule has 1 aromatic carbocycles. The third-order valence-corrected chi connectivity index (χ3v) is 5.94. The van der Waals surface area contributed by atoms with Gasteiger partial charge < -0.3 is 19.5 Å². The van der Waals surface area contributed by atoms with Gasteiger partial charge in [-0.1, -0.05) is 39.3 Å². The van der Waals surface area contributed by atoms with E-state index >= 15 is 0 Å². The highest BCUT2D eigenvalue weighted by atomic mass is 16.5. The Bertz CT molecular complexity index is 941. The van der Waals surface area contributed by atoms with Crippen molar-refractivity contribution in [1.29, 1.82) is 0 Å². The van der Waals surface area contributed by atoms with Crippen molar-refractivity contribution in [2.75, 3.05) is 20.8 Å². The van der Waals surface area contributed by atoms with Gasteiger partial charge in [-0.05, 0) is 31.2 Å². The first kappa shape index (κ1) is 22.9. The molecule has 0 aromatic heterocycles. The maximum absolute atomic E-state index is 13.4. The zero-order valence-electron chi connectivity index (χ0n) is 19.4. The maximum atomic E-state index is 13.4. The lowest BCUT2D eigenvalue weighted by Crippen LogP contribution is -2.38. The Kier molecular flexibility index (Phi) is 6.77. The molecule has 168 valence electrons. The molecule has 0 fully saturated rings. The number of Topliss-reactive ketones (excluding diaryl/α,β-unsaturated/α-hetero) is 1. The van der Waals surface area contributed by atoms with Crippen LogP contribution in [0.5, 0.6) is 11.5 Å². The second-order valence-corrected chi connectivity index (χ2v) is 9.00. The number of hydrogen-bond donors (Lipinski definition) is 1. The van der Waals surface area contributed by atoms with Crippen molar-refractivity contribution < 1.29 is 23.8 Å². The summed E-state index contributed by atoms with van der Waals surface area (Å²) < 4.78 is 16.8. The largest absolute Gasteiger partial charge is 0.493 e. The Morgan fingerprint density at radius 3 is 2.58 bits per heavy atom. The lowest BCUT2D eigenvalue weighted by molar-refractivity contribution is -0.139. The molecule has 2 aliphatic rings. The number of para-hydroxylation sites is 1. The third kappa shape index (κ3) is 4.48. The first-order chi connectivity index (χ1) is 14.7. The van der Waals surface area contributed by atoms with Crippen LogP contribution in [0.4, 0.5) is 0 Å². The van der Waals surface area contributed by atoms with Crippen molar-refractivity contribution in [3.05, 3.63) is 46.3 Å². The Balaban J connectivity index is 2.19. The Morgan fingerprint density at radius 2 is 1.94 bits per heavy atom. The second kappa shape index (κ2) is 9.16. The molecule has 1 heterocycles. The number of benzene rings is 1. The van der Waals surface area contributed by atoms with Crippen LogP contribution in [0, 0.1) is 5.41 Å². The van der Waals surface area contributed by atoms with Gasteiger partial charge in [-0.3, -0.25) is 4.79 Å². The van der Waals surface area contributed by atoms with Gasteiger partial charge >= 0.3 is 5.97 Å². The first-order valence-electron chi connectivity index (χ1n) is 10.9. The van der Waals surface area contributed by atoms with Crippen molar-refractivity contribution in [2.24, 2.45) is 5.41 Å². The van der Waals surface area contributed by atoms with Gasteiger partial charge in [0.15, 0.2) is 17.3 Å². The molecule has 1 aromatic rings. The van der Waals surface area contributed by atoms with Gasteiger partial charge in [-0.15, -0.1) is 0 Å². The minimum atomic E-state index is -0.570. The minimum absolute atomic E-state index is 0.0416. The number of dihydropyridines is 1. The molecule has 0 spiro atoms. The number of ketones is 1. The summed E-state index contributed by atoms with van der Waals surface area (Å²) in [7, 11) is 3.14. The van der Waals surface area contributed by atoms with E-state index < -0.39 is 11.9 Å². The molecule has 1 aliphatic heterocycles. The molecular formula is C25H33NO5. The molecular weight excluding hydrogens is 394 g/mol. The molecule has 31 heavy (non-hydrogen) atoms. The lowest BCUT2D eigenvalue weighted by Gasteiger charge is -2.39. The highest BCUT2D eigenvalue weighted by Crippen LogP contribution is 2.50. The van der Waals surface area contributed by atoms with Crippen LogP contribution in [0.1, 0.15) is 64.9 Å². The summed E-state index contributed by atoms with van der Waals surface area (Å²) in [4.78, 5) is 26.6. The number of allylic oxidation sites excluding steroid dienone is 3. The number of carbonyl (C=O) groups is 2. The number of unbranched alkanes of at least 4 members (excludes halogenated alkanes) is 1. The fourth-order valence-electron chi connectivity index (χ4n) is 4.54. The standard InChI is InChI=1S/C25H33NO5/c1-7-8-12-31-24(28)20-15(2)26-17-13-25(3,4)14-18(27)22(17)21(20)16-10-9-11-19(29-5)23(16)30-6/h9-11,21,26H,7-8,12-14H2,1-6H3/t21-/m0/s1. The number of methoxy groups -OCH3 is 2. The van der Waals surface area contributed by atoms with Crippen LogP contribution >= 0.6 is 0 Å². The molecule has 0 radical (unpaired) electrons. The predicted octanol–water partition coefficient (Wildman–Crippen LogP) is 4.65. The summed E-state index contributed by atoms with van der Waals surface area (Å²) in [5.41, 5.74) is 3.24. The molecule has 6 heteroatoms. The summed E-state index contributed by atoms with van der Waals surface area (Å²) in [5.74, 6) is 0.144. The van der Waals surface area contributed by atoms with Crippen LogP contribution < -0.4 is 14.8 Å². The van der Waals surface area contributed by atoms with E-state index in [1.807, 2.05) is 26.0 Å². The van der Waals surface area contributed by atoms with E-state index in [2.05, 4.69) is 19.2 Å². The predicted molar refractivity (Wildman–Crippen MR) is 119 cm³/mol. The number of nitrogens with one attached hydrogen (secondary N) is 1. The van der Waals surface area contributed by atoms with E-state index in [4.69, 9.17) is 14.2 Å². The topological polar surface area (TPSA) is 73.9 Å². The van der Waals surface area contributed by atoms with Gasteiger partial charge in [0.25, 0.3) is 0 Å². The Hall–Kier alpha value is -2.76. The second-order valence-electron chi connectivity index (χ2n) is 9.00. The maximum Gasteiger partial charge on any atom is 0.336 e. The molecule has 1 aliphatic carbocycles. The van der Waals surface area contributed by atoms with Crippen LogP contribution in [0.2, 0.25) is 0 Å². The number of rotatable bonds is 7. The molecule has 0 unspecified atom stereocenters. The highest BCUT2D eigenvalue weighted by molar-refractivity contribution is 6.04. The highest BCUT2D eigenvalue weighted by Gasteiger charge is 2.44. The van der Waals surface area contributed by atoms with Gasteiger partial charge in [0.05, 0.1) is 32.3 Å². The average Bonchev–Trinajstić information content (AvgIpc) is 2.71. The summed E-state index contributed by atoms with van der Waals surface area (Å²) in [6.07, 6.45) is 2.87. The normalized spacial score (nSPS) is 20.2. The van der Waals surface area contributed by atoms with E-state index in [-0.39, 0.29) is 11.2 Å². The van der Waals surface area contributed by atoms with E-state index in [0.29, 0.717) is 41.4 Å². The quantitative estimate of drug-likeness (QED) is 0.504. The zero-order chi connectivity index (χ0) is 22.8. The van der Waals surface area contributed by atoms with Crippen molar-refractivity contribution in [3.8, 4) is 11.5 Å². The van der Waals surface area contributed by atoms with E-state index in [1.54, 1.807) is 20.3 Å². The molecule has 1 N–H and O–H groups in total. The van der Waals surface area contributed by atoms with Gasteiger partial charge in [0, 0.05) is 29.0 Å². The number of ether oxygens (including phenoxy) is 3. The molecule has 0 bridgehead atoms. The molecule has 6 nitrogen and oxygen atoms in total. The van der Waals surface area contributed by atoms with Gasteiger partial charge in [0.1, 0.15) is 0 Å². The summed E-state index contributed by atoms with van der Waals surface area (Å²) >= 11 is 0. The van der Waals surface area contributed by atoms with Crippen LogP contribution in [0.3, 0.4) is 0 Å². The summed E-state index contributed by atoms with van der Waals surface area (Å²) in [6.45, 7) is 8.44. The van der Waals surface area contributed by atoms with Crippen LogP contribution in [0.25, 0.3) is 0 Å². The van der Waals surface area contributed by atoms with Crippen molar-refractivity contribution >= 4 is 11.8 Å². The molecule has 0 amide bonds.